The van der Waals surface area contributed by atoms with Crippen molar-refractivity contribution in [3.05, 3.63) is 0 Å². The first-order chi connectivity index (χ1) is 10.6. The lowest BCUT2D eigenvalue weighted by atomic mass is 10.1. The summed E-state index contributed by atoms with van der Waals surface area (Å²) in [6, 6.07) is 0. The van der Waals surface area contributed by atoms with Gasteiger partial charge in [-0.3, -0.25) is 14.9 Å². The number of hydrogen-bond acceptors (Lipinski definition) is 5. The third-order valence-electron chi connectivity index (χ3n) is 3.39. The van der Waals surface area contributed by atoms with Crippen molar-refractivity contribution < 1.29 is 19.4 Å². The van der Waals surface area contributed by atoms with Crippen molar-refractivity contribution >= 4 is 11.8 Å². The molecule has 2 amide bonds. The molecule has 0 aliphatic carbocycles. The fourth-order valence-electron chi connectivity index (χ4n) is 2.11. The molecule has 0 radical (unpaired) electrons. The van der Waals surface area contributed by atoms with Gasteiger partial charge in [-0.1, -0.05) is 58.3 Å². The number of carbonyl (C=O) groups excluding carboxylic acids is 2. The second-order valence-electron chi connectivity index (χ2n) is 5.50. The number of hydrogen-bond donors (Lipinski definition) is 3. The molecule has 0 saturated carbocycles. The SMILES string of the molecule is CCCCCCCCCCCC(=O)NC(=O)C(O)OCCN. The summed E-state index contributed by atoms with van der Waals surface area (Å²) in [4.78, 5) is 22.9. The van der Waals surface area contributed by atoms with Gasteiger partial charge in [0.25, 0.3) is 5.91 Å². The Balaban J connectivity index is 3.47. The number of ether oxygens (including phenoxy) is 1. The average molecular weight is 316 g/mol. The molecule has 0 heterocycles. The molecule has 0 aromatic carbocycles. The van der Waals surface area contributed by atoms with Gasteiger partial charge in [0.05, 0.1) is 6.61 Å². The molecule has 4 N–H and O–H groups in total. The van der Waals surface area contributed by atoms with Gasteiger partial charge in [-0.05, 0) is 6.42 Å². The van der Waals surface area contributed by atoms with Crippen LogP contribution in [-0.4, -0.2) is 36.4 Å². The van der Waals surface area contributed by atoms with Crippen LogP contribution >= 0.6 is 0 Å². The molecule has 0 bridgehead atoms. The van der Waals surface area contributed by atoms with E-state index in [2.05, 4.69) is 12.2 Å². The smallest absolute Gasteiger partial charge is 0.283 e. The van der Waals surface area contributed by atoms with Crippen molar-refractivity contribution in [1.29, 1.82) is 0 Å². The van der Waals surface area contributed by atoms with Crippen molar-refractivity contribution in [2.75, 3.05) is 13.2 Å². The Labute approximate surface area is 133 Å². The number of amides is 2. The maximum atomic E-state index is 11.5. The van der Waals surface area contributed by atoms with Crippen LogP contribution in [0.15, 0.2) is 0 Å². The summed E-state index contributed by atoms with van der Waals surface area (Å²) in [6.45, 7) is 2.48. The Kier molecular flexibility index (Phi) is 14.3. The Morgan fingerprint density at radius 2 is 1.59 bits per heavy atom. The highest BCUT2D eigenvalue weighted by Crippen LogP contribution is 2.10. The summed E-state index contributed by atoms with van der Waals surface area (Å²) in [5.74, 6) is -1.20. The summed E-state index contributed by atoms with van der Waals surface area (Å²) in [5.41, 5.74) is 5.18. The summed E-state index contributed by atoms with van der Waals surface area (Å²) in [7, 11) is 0. The molecular weight excluding hydrogens is 284 g/mol. The van der Waals surface area contributed by atoms with Crippen molar-refractivity contribution in [1.82, 2.24) is 5.32 Å². The van der Waals surface area contributed by atoms with Gasteiger partial charge in [0.2, 0.25) is 12.2 Å². The van der Waals surface area contributed by atoms with Crippen LogP contribution in [0.1, 0.15) is 71.1 Å². The fourth-order valence-corrected chi connectivity index (χ4v) is 2.11. The predicted molar refractivity (Wildman–Crippen MR) is 86.0 cm³/mol. The second kappa shape index (κ2) is 14.9. The third kappa shape index (κ3) is 12.7. The van der Waals surface area contributed by atoms with Gasteiger partial charge in [0.1, 0.15) is 0 Å². The normalized spacial score (nSPS) is 12.1. The third-order valence-corrected chi connectivity index (χ3v) is 3.39. The Hall–Kier alpha value is -0.980. The zero-order valence-electron chi connectivity index (χ0n) is 13.8. The Bertz CT molecular complexity index is 298. The van der Waals surface area contributed by atoms with Crippen LogP contribution < -0.4 is 11.1 Å². The van der Waals surface area contributed by atoms with E-state index in [1.165, 1.54) is 38.5 Å². The number of unbranched alkanes of at least 4 members (excludes halogenated alkanes) is 8. The standard InChI is InChI=1S/C16H32N2O4/c1-2-3-4-5-6-7-8-9-10-11-14(19)18-15(20)16(21)22-13-12-17/h16,21H,2-13,17H2,1H3,(H,18,19,20). The van der Waals surface area contributed by atoms with E-state index in [9.17, 15) is 14.7 Å². The molecule has 0 saturated heterocycles. The lowest BCUT2D eigenvalue weighted by Gasteiger charge is -2.10. The van der Waals surface area contributed by atoms with E-state index in [1.807, 2.05) is 0 Å². The molecule has 6 heteroatoms. The minimum atomic E-state index is -1.63. The van der Waals surface area contributed by atoms with Crippen molar-refractivity contribution in [3.8, 4) is 0 Å². The van der Waals surface area contributed by atoms with E-state index < -0.39 is 12.2 Å². The molecule has 1 atom stereocenters. The molecule has 0 rings (SSSR count). The van der Waals surface area contributed by atoms with Crippen LogP contribution in [0.2, 0.25) is 0 Å². The van der Waals surface area contributed by atoms with E-state index in [1.54, 1.807) is 0 Å². The number of aliphatic hydroxyl groups is 1. The highest BCUT2D eigenvalue weighted by atomic mass is 16.6. The van der Waals surface area contributed by atoms with Gasteiger partial charge in [-0.15, -0.1) is 0 Å². The first-order valence-electron chi connectivity index (χ1n) is 8.45. The van der Waals surface area contributed by atoms with Crippen molar-refractivity contribution in [3.63, 3.8) is 0 Å². The van der Waals surface area contributed by atoms with Gasteiger partial charge in [0, 0.05) is 13.0 Å². The number of rotatable bonds is 14. The maximum Gasteiger partial charge on any atom is 0.283 e. The molecule has 130 valence electrons. The molecule has 0 aliphatic heterocycles. The highest BCUT2D eigenvalue weighted by molar-refractivity contribution is 5.96. The van der Waals surface area contributed by atoms with Crippen molar-refractivity contribution in [2.45, 2.75) is 77.4 Å². The second-order valence-corrected chi connectivity index (χ2v) is 5.50. The lowest BCUT2D eigenvalue weighted by molar-refractivity contribution is -0.159. The minimum absolute atomic E-state index is 0.0705. The van der Waals surface area contributed by atoms with Crippen LogP contribution in [-0.2, 0) is 14.3 Å². The monoisotopic (exact) mass is 316 g/mol. The molecule has 1 unspecified atom stereocenters. The molecule has 22 heavy (non-hydrogen) atoms. The van der Waals surface area contributed by atoms with Crippen LogP contribution in [0.3, 0.4) is 0 Å². The van der Waals surface area contributed by atoms with Gasteiger partial charge >= 0.3 is 0 Å². The van der Waals surface area contributed by atoms with Gasteiger partial charge in [0.15, 0.2) is 0 Å². The first kappa shape index (κ1) is 21.0. The number of imide groups is 1. The number of nitrogens with two attached hydrogens (primary N) is 1. The Morgan fingerprint density at radius 3 is 2.14 bits per heavy atom. The van der Waals surface area contributed by atoms with E-state index in [0.717, 1.165) is 19.3 Å². The number of carbonyl (C=O) groups is 2. The molecule has 0 aromatic heterocycles. The molecular formula is C16H32N2O4. The zero-order valence-corrected chi connectivity index (χ0v) is 13.8. The predicted octanol–water partition coefficient (Wildman–Crippen LogP) is 1.84. The van der Waals surface area contributed by atoms with Crippen LogP contribution in [0.25, 0.3) is 0 Å². The largest absolute Gasteiger partial charge is 0.360 e. The highest BCUT2D eigenvalue weighted by Gasteiger charge is 2.17. The topological polar surface area (TPSA) is 102 Å². The number of nitrogens with one attached hydrogen (secondary N) is 1. The Morgan fingerprint density at radius 1 is 1.05 bits per heavy atom. The van der Waals surface area contributed by atoms with Crippen LogP contribution in [0.4, 0.5) is 0 Å². The van der Waals surface area contributed by atoms with E-state index in [-0.39, 0.29) is 19.1 Å². The van der Waals surface area contributed by atoms with Crippen LogP contribution in [0.5, 0.6) is 0 Å². The van der Waals surface area contributed by atoms with Gasteiger partial charge < -0.3 is 15.6 Å². The molecule has 6 nitrogen and oxygen atoms in total. The average Bonchev–Trinajstić information content (AvgIpc) is 2.50. The van der Waals surface area contributed by atoms with Gasteiger partial charge in [-0.2, -0.15) is 0 Å². The molecule has 0 aromatic rings. The zero-order chi connectivity index (χ0) is 16.6. The van der Waals surface area contributed by atoms with Crippen LogP contribution in [0, 0.1) is 0 Å². The quantitative estimate of drug-likeness (QED) is 0.335. The summed E-state index contributed by atoms with van der Waals surface area (Å²) < 4.78 is 4.72. The van der Waals surface area contributed by atoms with Gasteiger partial charge in [-0.25, -0.2) is 0 Å². The minimum Gasteiger partial charge on any atom is -0.360 e. The maximum absolute atomic E-state index is 11.5. The van der Waals surface area contributed by atoms with E-state index in [0.29, 0.717) is 6.42 Å². The number of aliphatic hydroxyl groups excluding tert-OH is 1. The summed E-state index contributed by atoms with van der Waals surface area (Å²) in [5, 5.41) is 11.4. The molecule has 0 aliphatic rings. The van der Waals surface area contributed by atoms with E-state index >= 15 is 0 Å². The molecule has 0 spiro atoms. The van der Waals surface area contributed by atoms with E-state index in [4.69, 9.17) is 10.5 Å². The fraction of sp³-hybridized carbons (Fsp3) is 0.875. The summed E-state index contributed by atoms with van der Waals surface area (Å²) in [6.07, 6.45) is 9.19. The first-order valence-corrected chi connectivity index (χ1v) is 8.45. The van der Waals surface area contributed by atoms with Crippen molar-refractivity contribution in [2.24, 2.45) is 5.73 Å². The summed E-state index contributed by atoms with van der Waals surface area (Å²) >= 11 is 0. The molecule has 0 fully saturated rings. The lowest BCUT2D eigenvalue weighted by Crippen LogP contribution is -2.40.